The van der Waals surface area contributed by atoms with Gasteiger partial charge in [-0.15, -0.1) is 0 Å². The molecule has 0 saturated heterocycles. The first-order valence-electron chi connectivity index (χ1n) is 18.5. The van der Waals surface area contributed by atoms with Gasteiger partial charge in [-0.25, -0.2) is 14.9 Å². The minimum absolute atomic E-state index is 0.385. The molecule has 2 aromatic heterocycles. The molecule has 0 spiro atoms. The highest BCUT2D eigenvalue weighted by Gasteiger charge is 2.34. The molecule has 3 aliphatic rings. The van der Waals surface area contributed by atoms with E-state index in [1.54, 1.807) is 0 Å². The quantitative estimate of drug-likeness (QED) is 0.160. The standard InChI is InChI=1S/C46H35N9/c1-47-36-26-28(53-38-16-7-3-12-30(38)31-13-4-8-17-39(31)53)22-24-34(36)44-49-42-20-11-21-43-50-45(52-46(51-44)55(42)43)35-25-23-29(27-37(35)48-2)54-40-18-9-5-14-32(40)33-15-6-10-19-41(33)54/h3-27,44,47-49H,1-2H3. The van der Waals surface area contributed by atoms with Gasteiger partial charge in [-0.1, -0.05) is 84.9 Å². The average molecular weight is 714 g/mol. The average Bonchev–Trinajstić information content (AvgIpc) is 3.76. The fourth-order valence-electron chi connectivity index (χ4n) is 8.44. The smallest absolute Gasteiger partial charge is 0.236 e. The zero-order valence-electron chi connectivity index (χ0n) is 30.2. The third-order valence-corrected chi connectivity index (χ3v) is 10.9. The van der Waals surface area contributed by atoms with Crippen molar-refractivity contribution in [3.8, 4) is 11.4 Å². The van der Waals surface area contributed by atoms with Crippen molar-refractivity contribution >= 4 is 72.6 Å². The number of guanidine groups is 1. The summed E-state index contributed by atoms with van der Waals surface area (Å²) in [6.45, 7) is 0. The molecule has 3 aliphatic heterocycles. The van der Waals surface area contributed by atoms with Gasteiger partial charge in [-0.3, -0.25) is 0 Å². The van der Waals surface area contributed by atoms with Crippen LogP contribution in [-0.2, 0) is 0 Å². The molecule has 3 N–H and O–H groups in total. The summed E-state index contributed by atoms with van der Waals surface area (Å²) in [5.41, 5.74) is 10.6. The Morgan fingerprint density at radius 2 is 1.11 bits per heavy atom. The third-order valence-electron chi connectivity index (χ3n) is 10.9. The molecule has 6 aromatic carbocycles. The summed E-state index contributed by atoms with van der Waals surface area (Å²) in [5.74, 6) is 2.83. The van der Waals surface area contributed by atoms with Crippen LogP contribution in [0, 0.1) is 0 Å². The lowest BCUT2D eigenvalue weighted by atomic mass is 10.1. The van der Waals surface area contributed by atoms with E-state index in [-0.39, 0.29) is 6.17 Å². The molecule has 0 bridgehead atoms. The summed E-state index contributed by atoms with van der Waals surface area (Å²) in [7, 11) is 3.91. The highest BCUT2D eigenvalue weighted by atomic mass is 15.4. The summed E-state index contributed by atoms with van der Waals surface area (Å²) in [6, 6.07) is 47.3. The number of aliphatic imine (C=N–C) groups is 3. The van der Waals surface area contributed by atoms with Gasteiger partial charge in [-0.05, 0) is 66.7 Å². The van der Waals surface area contributed by atoms with Crippen LogP contribution in [0.15, 0.2) is 172 Å². The number of fused-ring (bicyclic) bond motifs is 6. The lowest BCUT2D eigenvalue weighted by Crippen LogP contribution is -2.48. The van der Waals surface area contributed by atoms with Crippen molar-refractivity contribution < 1.29 is 0 Å². The second-order valence-corrected chi connectivity index (χ2v) is 13.9. The van der Waals surface area contributed by atoms with E-state index in [0.29, 0.717) is 11.8 Å². The maximum Gasteiger partial charge on any atom is 0.236 e. The van der Waals surface area contributed by atoms with Crippen molar-refractivity contribution in [2.75, 3.05) is 24.7 Å². The Hall–Kier alpha value is -7.39. The van der Waals surface area contributed by atoms with Gasteiger partial charge in [0.15, 0.2) is 12.0 Å². The van der Waals surface area contributed by atoms with Crippen LogP contribution < -0.4 is 16.0 Å². The van der Waals surface area contributed by atoms with E-state index in [0.717, 1.165) is 56.6 Å². The van der Waals surface area contributed by atoms with Crippen molar-refractivity contribution in [3.05, 3.63) is 169 Å². The molecule has 0 aliphatic carbocycles. The third kappa shape index (κ3) is 4.69. The lowest BCUT2D eigenvalue weighted by Gasteiger charge is -2.37. The van der Waals surface area contributed by atoms with Crippen molar-refractivity contribution in [2.24, 2.45) is 15.0 Å². The molecule has 0 saturated carbocycles. The van der Waals surface area contributed by atoms with Gasteiger partial charge in [-0.2, -0.15) is 4.99 Å². The van der Waals surface area contributed by atoms with Crippen LogP contribution in [0.1, 0.15) is 17.3 Å². The maximum atomic E-state index is 5.23. The number of rotatable bonds is 6. The van der Waals surface area contributed by atoms with E-state index in [2.05, 4.69) is 159 Å². The number of benzene rings is 6. The van der Waals surface area contributed by atoms with Gasteiger partial charge < -0.3 is 25.1 Å². The minimum atomic E-state index is -0.385. The molecule has 0 radical (unpaired) electrons. The predicted molar refractivity (Wildman–Crippen MR) is 227 cm³/mol. The van der Waals surface area contributed by atoms with Crippen LogP contribution in [0.4, 0.5) is 11.4 Å². The molecule has 9 heteroatoms. The number of para-hydroxylation sites is 4. The summed E-state index contributed by atoms with van der Waals surface area (Å²) < 4.78 is 4.65. The van der Waals surface area contributed by atoms with Crippen molar-refractivity contribution in [1.82, 2.24) is 19.4 Å². The normalized spacial score (nSPS) is 16.1. The molecule has 0 amide bonds. The van der Waals surface area contributed by atoms with Gasteiger partial charge >= 0.3 is 0 Å². The fourth-order valence-corrected chi connectivity index (χ4v) is 8.44. The summed E-state index contributed by atoms with van der Waals surface area (Å²) in [6.07, 6.45) is 5.69. The van der Waals surface area contributed by atoms with Crippen LogP contribution in [0.5, 0.6) is 0 Å². The number of hydrogen-bond acceptors (Lipinski definition) is 7. The summed E-state index contributed by atoms with van der Waals surface area (Å²) in [5, 5.41) is 15.5. The molecule has 5 heterocycles. The Morgan fingerprint density at radius 3 is 1.67 bits per heavy atom. The number of nitrogens with zero attached hydrogens (tertiary/aromatic N) is 6. The van der Waals surface area contributed by atoms with Gasteiger partial charge in [0.05, 0.1) is 22.1 Å². The van der Waals surface area contributed by atoms with E-state index >= 15 is 0 Å². The molecule has 0 fully saturated rings. The molecule has 55 heavy (non-hydrogen) atoms. The molecule has 11 rings (SSSR count). The molecular formula is C46H35N9. The number of anilines is 2. The number of aromatic nitrogens is 2. The lowest BCUT2D eigenvalue weighted by molar-refractivity contribution is 0.496. The van der Waals surface area contributed by atoms with Gasteiger partial charge in [0, 0.05) is 69.5 Å². The molecule has 8 aromatic rings. The van der Waals surface area contributed by atoms with Crippen LogP contribution in [-0.4, -0.2) is 45.8 Å². The first-order valence-corrected chi connectivity index (χ1v) is 18.5. The van der Waals surface area contributed by atoms with E-state index in [4.69, 9.17) is 15.0 Å². The van der Waals surface area contributed by atoms with Crippen LogP contribution in [0.2, 0.25) is 0 Å². The van der Waals surface area contributed by atoms with Gasteiger partial charge in [0.25, 0.3) is 0 Å². The summed E-state index contributed by atoms with van der Waals surface area (Å²) in [4.78, 5) is 17.4. The molecule has 9 nitrogen and oxygen atoms in total. The number of amidine groups is 2. The zero-order chi connectivity index (χ0) is 36.6. The minimum Gasteiger partial charge on any atom is -0.388 e. The van der Waals surface area contributed by atoms with Crippen LogP contribution >= 0.6 is 0 Å². The second-order valence-electron chi connectivity index (χ2n) is 13.9. The molecule has 1 unspecified atom stereocenters. The highest BCUT2D eigenvalue weighted by Crippen LogP contribution is 2.38. The van der Waals surface area contributed by atoms with E-state index < -0.39 is 0 Å². The fraction of sp³-hybridized carbons (Fsp3) is 0.0652. The Bertz CT molecular complexity index is 2960. The number of allylic oxidation sites excluding steroid dienone is 2. The van der Waals surface area contributed by atoms with E-state index in [1.807, 2.05) is 37.2 Å². The largest absolute Gasteiger partial charge is 0.388 e. The zero-order valence-corrected chi connectivity index (χ0v) is 30.2. The van der Waals surface area contributed by atoms with Gasteiger partial charge in [0.2, 0.25) is 5.96 Å². The maximum absolute atomic E-state index is 5.23. The highest BCUT2D eigenvalue weighted by molar-refractivity contribution is 6.23. The predicted octanol–water partition coefficient (Wildman–Crippen LogP) is 9.49. The Balaban J connectivity index is 1.00. The Morgan fingerprint density at radius 1 is 0.582 bits per heavy atom. The van der Waals surface area contributed by atoms with Gasteiger partial charge in [0.1, 0.15) is 11.7 Å². The molecule has 1 atom stereocenters. The first kappa shape index (κ1) is 31.2. The van der Waals surface area contributed by atoms with Crippen molar-refractivity contribution in [2.45, 2.75) is 6.17 Å². The van der Waals surface area contributed by atoms with Crippen LogP contribution in [0.25, 0.3) is 55.0 Å². The van der Waals surface area contributed by atoms with E-state index in [1.165, 1.54) is 32.6 Å². The number of nitrogens with one attached hydrogen (secondary N) is 3. The topological polar surface area (TPSA) is 86.3 Å². The summed E-state index contributed by atoms with van der Waals surface area (Å²) >= 11 is 0. The number of hydrogen-bond donors (Lipinski definition) is 3. The van der Waals surface area contributed by atoms with E-state index in [9.17, 15) is 0 Å². The van der Waals surface area contributed by atoms with Crippen LogP contribution in [0.3, 0.4) is 0 Å². The molecular weight excluding hydrogens is 679 g/mol. The Kier molecular flexibility index (Phi) is 6.84. The Labute approximate surface area is 317 Å². The monoisotopic (exact) mass is 713 g/mol. The first-order chi connectivity index (χ1) is 27.2. The SMILES string of the molecule is CNc1cc(-n2c3ccccc3c3ccccc32)ccc1C1=NC2=NC(c3ccc(-n4c5ccccc5c5ccccc54)cc3NC)NC3=CC=CC(=N1)N32. The molecule has 264 valence electrons. The second kappa shape index (κ2) is 12.1. The van der Waals surface area contributed by atoms with Crippen molar-refractivity contribution in [1.29, 1.82) is 0 Å². The van der Waals surface area contributed by atoms with Crippen molar-refractivity contribution in [3.63, 3.8) is 0 Å².